The van der Waals surface area contributed by atoms with Crippen molar-refractivity contribution in [2.24, 2.45) is 5.73 Å². The van der Waals surface area contributed by atoms with E-state index in [9.17, 15) is 8.42 Å². The summed E-state index contributed by atoms with van der Waals surface area (Å²) in [5, 5.41) is 0. The van der Waals surface area contributed by atoms with Crippen LogP contribution in [0.4, 0.5) is 0 Å². The summed E-state index contributed by atoms with van der Waals surface area (Å²) in [6, 6.07) is 9.70. The molecule has 21 heavy (non-hydrogen) atoms. The molecule has 1 aromatic rings. The van der Waals surface area contributed by atoms with Crippen LogP contribution in [0.25, 0.3) is 0 Å². The number of nitrogens with two attached hydrogens (primary N) is 1. The van der Waals surface area contributed by atoms with Crippen LogP contribution in [0.2, 0.25) is 0 Å². The van der Waals surface area contributed by atoms with Gasteiger partial charge in [0.15, 0.2) is 0 Å². The molecule has 6 heteroatoms. The first kappa shape index (κ1) is 16.4. The molecule has 1 aromatic carbocycles. The molecule has 1 aliphatic rings. The average Bonchev–Trinajstić information content (AvgIpc) is 2.82. The fourth-order valence-electron chi connectivity index (χ4n) is 2.59. The minimum Gasteiger partial charge on any atom is -0.378 e. The second-order valence-electron chi connectivity index (χ2n) is 5.73. The van der Waals surface area contributed by atoms with Crippen LogP contribution < -0.4 is 5.73 Å². The molecule has 118 valence electrons. The van der Waals surface area contributed by atoms with Gasteiger partial charge in [-0.2, -0.15) is 4.31 Å². The topological polar surface area (TPSA) is 72.6 Å². The molecule has 0 saturated carbocycles. The van der Waals surface area contributed by atoms with Crippen molar-refractivity contribution >= 4 is 10.0 Å². The zero-order valence-corrected chi connectivity index (χ0v) is 13.4. The first-order chi connectivity index (χ1) is 9.90. The molecule has 1 heterocycles. The van der Waals surface area contributed by atoms with Crippen LogP contribution in [-0.2, 0) is 14.8 Å². The first-order valence-electron chi connectivity index (χ1n) is 7.30. The van der Waals surface area contributed by atoms with Crippen LogP contribution in [0.15, 0.2) is 30.3 Å². The molecule has 5 nitrogen and oxygen atoms in total. The highest BCUT2D eigenvalue weighted by Crippen LogP contribution is 2.28. The van der Waals surface area contributed by atoms with Crippen molar-refractivity contribution in [3.8, 4) is 0 Å². The molecule has 0 aromatic heterocycles. The smallest absolute Gasteiger partial charge is 0.216 e. The van der Waals surface area contributed by atoms with Gasteiger partial charge in [0.2, 0.25) is 10.0 Å². The maximum Gasteiger partial charge on any atom is 0.216 e. The Hall–Kier alpha value is -0.950. The van der Waals surface area contributed by atoms with Crippen LogP contribution in [0, 0.1) is 0 Å². The third-order valence-electron chi connectivity index (χ3n) is 3.75. The van der Waals surface area contributed by atoms with E-state index in [1.165, 1.54) is 4.31 Å². The second-order valence-corrected chi connectivity index (χ2v) is 7.82. The summed E-state index contributed by atoms with van der Waals surface area (Å²) < 4.78 is 31.5. The van der Waals surface area contributed by atoms with Gasteiger partial charge in [-0.25, -0.2) is 8.42 Å². The summed E-state index contributed by atoms with van der Waals surface area (Å²) >= 11 is 0. The number of benzene rings is 1. The van der Waals surface area contributed by atoms with Crippen molar-refractivity contribution in [3.63, 3.8) is 0 Å². The molecule has 2 atom stereocenters. The Morgan fingerprint density at radius 2 is 1.95 bits per heavy atom. The van der Waals surface area contributed by atoms with Gasteiger partial charge in [-0.3, -0.25) is 0 Å². The van der Waals surface area contributed by atoms with Crippen molar-refractivity contribution in [3.05, 3.63) is 35.9 Å². The highest BCUT2D eigenvalue weighted by molar-refractivity contribution is 7.89. The lowest BCUT2D eigenvalue weighted by Gasteiger charge is -2.17. The van der Waals surface area contributed by atoms with E-state index >= 15 is 0 Å². The molecule has 2 rings (SSSR count). The van der Waals surface area contributed by atoms with E-state index in [4.69, 9.17) is 10.5 Å². The Labute approximate surface area is 127 Å². The van der Waals surface area contributed by atoms with Gasteiger partial charge in [0, 0.05) is 25.0 Å². The molecule has 0 spiro atoms. The minimum absolute atomic E-state index is 0.0133. The largest absolute Gasteiger partial charge is 0.378 e. The number of ether oxygens (including phenoxy) is 1. The van der Waals surface area contributed by atoms with Crippen molar-refractivity contribution in [2.75, 3.05) is 25.4 Å². The monoisotopic (exact) mass is 312 g/mol. The van der Waals surface area contributed by atoms with E-state index in [-0.39, 0.29) is 30.4 Å². The molecule has 2 N–H and O–H groups in total. The van der Waals surface area contributed by atoms with E-state index in [2.05, 4.69) is 0 Å². The summed E-state index contributed by atoms with van der Waals surface area (Å²) in [7, 11) is -3.30. The van der Waals surface area contributed by atoms with Crippen molar-refractivity contribution in [1.82, 2.24) is 4.31 Å². The minimum atomic E-state index is -3.30. The summed E-state index contributed by atoms with van der Waals surface area (Å²) in [5.74, 6) is 0.0753. The number of rotatable bonds is 6. The fourth-order valence-corrected chi connectivity index (χ4v) is 3.94. The van der Waals surface area contributed by atoms with Crippen molar-refractivity contribution in [1.29, 1.82) is 0 Å². The van der Waals surface area contributed by atoms with Gasteiger partial charge in [0.05, 0.1) is 18.5 Å². The number of sulfonamides is 1. The molecule has 1 saturated heterocycles. The van der Waals surface area contributed by atoms with E-state index in [1.807, 2.05) is 44.2 Å². The van der Waals surface area contributed by atoms with Gasteiger partial charge in [-0.15, -0.1) is 0 Å². The third-order valence-corrected chi connectivity index (χ3v) is 5.51. The van der Waals surface area contributed by atoms with Gasteiger partial charge in [-0.1, -0.05) is 30.3 Å². The fraction of sp³-hybridized carbons (Fsp3) is 0.600. The molecule has 1 fully saturated rings. The van der Waals surface area contributed by atoms with Crippen molar-refractivity contribution in [2.45, 2.75) is 31.9 Å². The van der Waals surface area contributed by atoms with Crippen LogP contribution in [0.5, 0.6) is 0 Å². The van der Waals surface area contributed by atoms with Gasteiger partial charge >= 0.3 is 0 Å². The van der Waals surface area contributed by atoms with E-state index in [0.717, 1.165) is 5.56 Å². The van der Waals surface area contributed by atoms with Gasteiger partial charge in [-0.05, 0) is 19.4 Å². The lowest BCUT2D eigenvalue weighted by Crippen LogP contribution is -2.35. The maximum absolute atomic E-state index is 12.3. The lowest BCUT2D eigenvalue weighted by molar-refractivity contribution is 0.0907. The molecule has 0 radical (unpaired) electrons. The molecule has 0 bridgehead atoms. The SMILES string of the molecule is CC(C)OCCS(=O)(=O)N1C[C@@H](N)[C@H](c2ccccc2)C1. The zero-order valence-electron chi connectivity index (χ0n) is 12.6. The van der Waals surface area contributed by atoms with Crippen molar-refractivity contribution < 1.29 is 13.2 Å². The number of hydrogen-bond acceptors (Lipinski definition) is 4. The zero-order chi connectivity index (χ0) is 15.5. The Morgan fingerprint density at radius 3 is 2.57 bits per heavy atom. The Bertz CT molecular complexity index is 545. The first-order valence-corrected chi connectivity index (χ1v) is 8.91. The number of hydrogen-bond donors (Lipinski definition) is 1. The van der Waals surface area contributed by atoms with Crippen LogP contribution >= 0.6 is 0 Å². The highest BCUT2D eigenvalue weighted by atomic mass is 32.2. The average molecular weight is 312 g/mol. The quantitative estimate of drug-likeness (QED) is 0.856. The Kier molecular flexibility index (Phi) is 5.37. The van der Waals surface area contributed by atoms with Gasteiger partial charge in [0.25, 0.3) is 0 Å². The predicted octanol–water partition coefficient (Wildman–Crippen LogP) is 1.17. The van der Waals surface area contributed by atoms with E-state index in [0.29, 0.717) is 13.1 Å². The standard InChI is InChI=1S/C15H24N2O3S/c1-12(2)20-8-9-21(18,19)17-10-14(15(16)11-17)13-6-4-3-5-7-13/h3-7,12,14-15H,8-11,16H2,1-2H3/t14-,15+/m0/s1. The molecular formula is C15H24N2O3S. The molecule has 0 aliphatic carbocycles. The van der Waals surface area contributed by atoms with Gasteiger partial charge < -0.3 is 10.5 Å². The predicted molar refractivity (Wildman–Crippen MR) is 83.6 cm³/mol. The van der Waals surface area contributed by atoms with Crippen LogP contribution in [0.3, 0.4) is 0 Å². The normalized spacial score (nSPS) is 23.8. The number of nitrogens with zero attached hydrogens (tertiary/aromatic N) is 1. The molecule has 0 unspecified atom stereocenters. The van der Waals surface area contributed by atoms with Crippen LogP contribution in [-0.4, -0.2) is 50.3 Å². The highest BCUT2D eigenvalue weighted by Gasteiger charge is 2.37. The lowest BCUT2D eigenvalue weighted by atomic mass is 9.95. The Morgan fingerprint density at radius 1 is 1.29 bits per heavy atom. The molecule has 0 amide bonds. The van der Waals surface area contributed by atoms with E-state index < -0.39 is 10.0 Å². The summed E-state index contributed by atoms with van der Waals surface area (Å²) in [4.78, 5) is 0. The summed E-state index contributed by atoms with van der Waals surface area (Å²) in [5.41, 5.74) is 7.24. The van der Waals surface area contributed by atoms with Crippen LogP contribution in [0.1, 0.15) is 25.3 Å². The second kappa shape index (κ2) is 6.87. The van der Waals surface area contributed by atoms with Gasteiger partial charge in [0.1, 0.15) is 0 Å². The third kappa shape index (κ3) is 4.26. The molecular weight excluding hydrogens is 288 g/mol. The molecule has 1 aliphatic heterocycles. The maximum atomic E-state index is 12.3. The summed E-state index contributed by atoms with van der Waals surface area (Å²) in [6.45, 7) is 4.84. The Balaban J connectivity index is 2.00. The summed E-state index contributed by atoms with van der Waals surface area (Å²) in [6.07, 6.45) is 0.0399. The van der Waals surface area contributed by atoms with E-state index in [1.54, 1.807) is 0 Å².